The molecule has 6 heteroatoms. The Morgan fingerprint density at radius 3 is 2.37 bits per heavy atom. The maximum atomic E-state index is 13.6. The molecule has 1 aromatic heterocycles. The minimum absolute atomic E-state index is 0.0852. The van der Waals surface area contributed by atoms with Gasteiger partial charge in [-0.2, -0.15) is 0 Å². The molecule has 19 heavy (non-hydrogen) atoms. The van der Waals surface area contributed by atoms with Gasteiger partial charge in [0, 0.05) is 24.4 Å². The fraction of sp³-hybridized carbons (Fsp3) is 0.154. The molecule has 0 amide bonds. The van der Waals surface area contributed by atoms with Crippen LogP contribution in [0.5, 0.6) is 0 Å². The highest BCUT2D eigenvalue weighted by atomic mass is 19.1. The van der Waals surface area contributed by atoms with E-state index in [-0.39, 0.29) is 11.6 Å². The largest absolute Gasteiger partial charge is 0.371 e. The monoisotopic (exact) mass is 267 g/mol. The van der Waals surface area contributed by atoms with Crippen molar-refractivity contribution in [3.8, 4) is 0 Å². The maximum Gasteiger partial charge on any atom is 0.169 e. The summed E-state index contributed by atoms with van der Waals surface area (Å²) < 4.78 is 40.2. The van der Waals surface area contributed by atoms with Crippen LogP contribution in [-0.4, -0.2) is 12.0 Å². The number of nitrogens with zero attached hydrogens (tertiary/aromatic N) is 1. The van der Waals surface area contributed by atoms with Gasteiger partial charge in [-0.3, -0.25) is 0 Å². The summed E-state index contributed by atoms with van der Waals surface area (Å²) in [6.45, 7) is 1.55. The Labute approximate surface area is 108 Å². The molecule has 0 radical (unpaired) electrons. The fourth-order valence-electron chi connectivity index (χ4n) is 1.60. The number of halogens is 3. The minimum atomic E-state index is -0.847. The molecule has 2 aromatic rings. The van der Waals surface area contributed by atoms with Crippen molar-refractivity contribution in [2.75, 3.05) is 17.7 Å². The van der Waals surface area contributed by atoms with E-state index in [1.165, 1.54) is 19.2 Å². The van der Waals surface area contributed by atoms with E-state index >= 15 is 0 Å². The van der Waals surface area contributed by atoms with E-state index in [0.29, 0.717) is 11.3 Å². The standard InChI is InChI=1S/C13H12F3N3/c1-7-8(14)4-3-5-11(7)18-13-10(16)6-9(15)12(17-2)19-13/h3-6H,1-2H3,(H2,17,18,19). The highest BCUT2D eigenvalue weighted by Crippen LogP contribution is 2.25. The van der Waals surface area contributed by atoms with Gasteiger partial charge in [0.05, 0.1) is 0 Å². The Morgan fingerprint density at radius 1 is 1.00 bits per heavy atom. The van der Waals surface area contributed by atoms with E-state index in [1.807, 2.05) is 0 Å². The van der Waals surface area contributed by atoms with Gasteiger partial charge in [-0.25, -0.2) is 18.2 Å². The van der Waals surface area contributed by atoms with Gasteiger partial charge in [-0.15, -0.1) is 0 Å². The second-order valence-electron chi connectivity index (χ2n) is 3.94. The highest BCUT2D eigenvalue weighted by Gasteiger charge is 2.12. The highest BCUT2D eigenvalue weighted by molar-refractivity contribution is 5.62. The summed E-state index contributed by atoms with van der Waals surface area (Å²) in [5.74, 6) is -2.31. The average molecular weight is 267 g/mol. The van der Waals surface area contributed by atoms with Crippen molar-refractivity contribution in [3.05, 3.63) is 47.3 Å². The summed E-state index contributed by atoms with van der Waals surface area (Å²) in [6.07, 6.45) is 0. The molecule has 0 unspecified atom stereocenters. The Morgan fingerprint density at radius 2 is 1.68 bits per heavy atom. The molecule has 0 aliphatic heterocycles. The van der Waals surface area contributed by atoms with Crippen molar-refractivity contribution < 1.29 is 13.2 Å². The van der Waals surface area contributed by atoms with Crippen LogP contribution in [0, 0.1) is 24.4 Å². The molecule has 0 spiro atoms. The van der Waals surface area contributed by atoms with Gasteiger partial charge in [0.15, 0.2) is 23.3 Å². The molecule has 0 fully saturated rings. The van der Waals surface area contributed by atoms with E-state index in [4.69, 9.17) is 0 Å². The predicted molar refractivity (Wildman–Crippen MR) is 68.1 cm³/mol. The third-order valence-corrected chi connectivity index (χ3v) is 2.69. The molecule has 0 bridgehead atoms. The number of rotatable bonds is 3. The zero-order chi connectivity index (χ0) is 14.0. The average Bonchev–Trinajstić information content (AvgIpc) is 2.38. The maximum absolute atomic E-state index is 13.6. The predicted octanol–water partition coefficient (Wildman–Crippen LogP) is 3.59. The van der Waals surface area contributed by atoms with E-state index < -0.39 is 17.5 Å². The second-order valence-corrected chi connectivity index (χ2v) is 3.94. The van der Waals surface area contributed by atoms with Crippen LogP contribution < -0.4 is 10.6 Å². The third-order valence-electron chi connectivity index (χ3n) is 2.69. The number of aromatic nitrogens is 1. The Balaban J connectivity index is 2.41. The van der Waals surface area contributed by atoms with E-state index in [0.717, 1.165) is 6.07 Å². The Kier molecular flexibility index (Phi) is 3.59. The summed E-state index contributed by atoms with van der Waals surface area (Å²) in [5, 5.41) is 5.16. The first-order valence-electron chi connectivity index (χ1n) is 5.59. The van der Waals surface area contributed by atoms with Crippen LogP contribution in [0.3, 0.4) is 0 Å². The molecule has 2 rings (SSSR count). The molecular formula is C13H12F3N3. The lowest BCUT2D eigenvalue weighted by Crippen LogP contribution is -2.04. The van der Waals surface area contributed by atoms with Crippen LogP contribution >= 0.6 is 0 Å². The lowest BCUT2D eigenvalue weighted by Gasteiger charge is -2.11. The SMILES string of the molecule is CNc1nc(Nc2cccc(F)c2C)c(F)cc1F. The molecular weight excluding hydrogens is 255 g/mol. The van der Waals surface area contributed by atoms with Crippen LogP contribution in [0.4, 0.5) is 30.5 Å². The number of hydrogen-bond acceptors (Lipinski definition) is 3. The van der Waals surface area contributed by atoms with E-state index in [9.17, 15) is 13.2 Å². The van der Waals surface area contributed by atoms with Crippen LogP contribution in [0.2, 0.25) is 0 Å². The van der Waals surface area contributed by atoms with Gasteiger partial charge >= 0.3 is 0 Å². The van der Waals surface area contributed by atoms with Gasteiger partial charge in [-0.05, 0) is 19.1 Å². The van der Waals surface area contributed by atoms with Gasteiger partial charge in [0.25, 0.3) is 0 Å². The normalized spacial score (nSPS) is 10.4. The number of hydrogen-bond donors (Lipinski definition) is 2. The van der Waals surface area contributed by atoms with E-state index in [2.05, 4.69) is 15.6 Å². The van der Waals surface area contributed by atoms with Crippen molar-refractivity contribution in [2.45, 2.75) is 6.92 Å². The minimum Gasteiger partial charge on any atom is -0.371 e. The number of pyridine rings is 1. The van der Waals surface area contributed by atoms with Crippen LogP contribution in [0.1, 0.15) is 5.56 Å². The number of benzene rings is 1. The molecule has 1 heterocycles. The summed E-state index contributed by atoms with van der Waals surface area (Å²) in [5.41, 5.74) is 0.707. The van der Waals surface area contributed by atoms with Gasteiger partial charge in [0.1, 0.15) is 5.82 Å². The zero-order valence-corrected chi connectivity index (χ0v) is 10.4. The number of nitrogens with one attached hydrogen (secondary N) is 2. The molecule has 3 nitrogen and oxygen atoms in total. The lowest BCUT2D eigenvalue weighted by molar-refractivity contribution is 0.580. The Bertz CT molecular complexity index is 614. The third kappa shape index (κ3) is 2.62. The van der Waals surface area contributed by atoms with Crippen LogP contribution in [0.15, 0.2) is 24.3 Å². The molecule has 1 aromatic carbocycles. The summed E-state index contributed by atoms with van der Waals surface area (Å²) >= 11 is 0. The summed E-state index contributed by atoms with van der Waals surface area (Å²) in [6, 6.07) is 5.09. The van der Waals surface area contributed by atoms with Crippen molar-refractivity contribution in [3.63, 3.8) is 0 Å². The second kappa shape index (κ2) is 5.17. The van der Waals surface area contributed by atoms with Crippen molar-refractivity contribution in [1.82, 2.24) is 4.98 Å². The van der Waals surface area contributed by atoms with Gasteiger partial charge < -0.3 is 10.6 Å². The van der Waals surface area contributed by atoms with Crippen molar-refractivity contribution in [1.29, 1.82) is 0 Å². The molecule has 0 aliphatic rings. The van der Waals surface area contributed by atoms with Crippen LogP contribution in [0.25, 0.3) is 0 Å². The zero-order valence-electron chi connectivity index (χ0n) is 10.4. The lowest BCUT2D eigenvalue weighted by atomic mass is 10.2. The van der Waals surface area contributed by atoms with Gasteiger partial charge in [0.2, 0.25) is 0 Å². The molecule has 0 saturated heterocycles. The van der Waals surface area contributed by atoms with Crippen molar-refractivity contribution >= 4 is 17.3 Å². The summed E-state index contributed by atoms with van der Waals surface area (Å²) in [7, 11) is 1.47. The Hall–Kier alpha value is -2.24. The van der Waals surface area contributed by atoms with E-state index in [1.54, 1.807) is 13.0 Å². The molecule has 0 atom stereocenters. The topological polar surface area (TPSA) is 37.0 Å². The fourth-order valence-corrected chi connectivity index (χ4v) is 1.60. The summed E-state index contributed by atoms with van der Waals surface area (Å²) in [4.78, 5) is 3.76. The molecule has 100 valence electrons. The smallest absolute Gasteiger partial charge is 0.169 e. The first-order chi connectivity index (χ1) is 9.02. The molecule has 0 aliphatic carbocycles. The van der Waals surface area contributed by atoms with Crippen LogP contribution in [-0.2, 0) is 0 Å². The van der Waals surface area contributed by atoms with Crippen molar-refractivity contribution in [2.24, 2.45) is 0 Å². The first-order valence-corrected chi connectivity index (χ1v) is 5.59. The molecule has 2 N–H and O–H groups in total. The number of anilines is 3. The quantitative estimate of drug-likeness (QED) is 0.892. The first kappa shape index (κ1) is 13.2. The molecule has 0 saturated carbocycles. The van der Waals surface area contributed by atoms with Gasteiger partial charge in [-0.1, -0.05) is 6.07 Å².